The molecule has 0 amide bonds. The van der Waals surface area contributed by atoms with Crippen molar-refractivity contribution in [2.24, 2.45) is 5.92 Å². The lowest BCUT2D eigenvalue weighted by atomic mass is 10.2. The minimum absolute atomic E-state index is 0.561. The van der Waals surface area contributed by atoms with Gasteiger partial charge in [-0.15, -0.1) is 11.6 Å². The molecule has 3 heteroatoms. The Morgan fingerprint density at radius 3 is 2.53 bits per heavy atom. The van der Waals surface area contributed by atoms with Crippen LogP contribution in [0.1, 0.15) is 25.8 Å². The van der Waals surface area contributed by atoms with Crippen molar-refractivity contribution in [2.45, 2.75) is 20.3 Å². The third kappa shape index (κ3) is 7.77. The van der Waals surface area contributed by atoms with E-state index in [-0.39, 0.29) is 0 Å². The normalized spacial score (nSPS) is 10.1. The van der Waals surface area contributed by atoms with Gasteiger partial charge in [-0.05, 0) is 30.2 Å². The van der Waals surface area contributed by atoms with Crippen LogP contribution in [-0.2, 0) is 4.74 Å². The molecule has 0 unspecified atom stereocenters. The van der Waals surface area contributed by atoms with Gasteiger partial charge in [0.25, 0.3) is 0 Å². The maximum absolute atomic E-state index is 5.57. The summed E-state index contributed by atoms with van der Waals surface area (Å²) in [5, 5.41) is 0. The highest BCUT2D eigenvalue weighted by Crippen LogP contribution is 2.11. The van der Waals surface area contributed by atoms with Gasteiger partial charge in [0.2, 0.25) is 0 Å². The van der Waals surface area contributed by atoms with E-state index in [1.807, 2.05) is 24.3 Å². The minimum Gasteiger partial charge on any atom is -0.491 e. The second-order valence-corrected chi connectivity index (χ2v) is 4.96. The number of alkyl halides is 1. The van der Waals surface area contributed by atoms with Crippen LogP contribution < -0.4 is 4.74 Å². The van der Waals surface area contributed by atoms with Gasteiger partial charge in [-0.3, -0.25) is 0 Å². The SMILES string of the molecule is CC(C)COCCOc1ccc(C#CCCCl)cc1. The van der Waals surface area contributed by atoms with Crippen LogP contribution in [0, 0.1) is 17.8 Å². The Morgan fingerprint density at radius 1 is 1.16 bits per heavy atom. The maximum Gasteiger partial charge on any atom is 0.119 e. The third-order valence-corrected chi connectivity index (χ3v) is 2.44. The van der Waals surface area contributed by atoms with Crippen LogP contribution in [-0.4, -0.2) is 25.7 Å². The second kappa shape index (κ2) is 9.72. The number of hydrogen-bond donors (Lipinski definition) is 0. The first-order valence-corrected chi connectivity index (χ1v) is 7.11. The van der Waals surface area contributed by atoms with E-state index >= 15 is 0 Å². The first-order valence-electron chi connectivity index (χ1n) is 6.58. The largest absolute Gasteiger partial charge is 0.491 e. The number of rotatable bonds is 7. The summed E-state index contributed by atoms with van der Waals surface area (Å²) in [6.07, 6.45) is 0.715. The van der Waals surface area contributed by atoms with Crippen LogP contribution in [0.3, 0.4) is 0 Å². The van der Waals surface area contributed by atoms with E-state index in [4.69, 9.17) is 21.1 Å². The second-order valence-electron chi connectivity index (χ2n) is 4.58. The van der Waals surface area contributed by atoms with Crippen LogP contribution in [0.25, 0.3) is 0 Å². The lowest BCUT2D eigenvalue weighted by Gasteiger charge is -2.08. The van der Waals surface area contributed by atoms with Crippen LogP contribution in [0.2, 0.25) is 0 Å². The Morgan fingerprint density at radius 2 is 1.89 bits per heavy atom. The molecule has 19 heavy (non-hydrogen) atoms. The molecule has 0 aromatic heterocycles. The highest BCUT2D eigenvalue weighted by atomic mass is 35.5. The fraction of sp³-hybridized carbons (Fsp3) is 0.500. The van der Waals surface area contributed by atoms with Crippen molar-refractivity contribution in [2.75, 3.05) is 25.7 Å². The fourth-order valence-corrected chi connectivity index (χ4v) is 1.48. The Hall–Kier alpha value is -1.17. The third-order valence-electron chi connectivity index (χ3n) is 2.25. The summed E-state index contributed by atoms with van der Waals surface area (Å²) < 4.78 is 11.0. The summed E-state index contributed by atoms with van der Waals surface area (Å²) in [6.45, 7) is 6.23. The Kier molecular flexibility index (Phi) is 8.13. The molecule has 0 radical (unpaired) electrons. The molecule has 0 aliphatic heterocycles. The number of benzene rings is 1. The molecule has 1 aromatic rings. The molecule has 0 saturated carbocycles. The molecule has 0 fully saturated rings. The average Bonchev–Trinajstić information content (AvgIpc) is 2.40. The molecule has 0 bridgehead atoms. The molecule has 0 atom stereocenters. The predicted molar refractivity (Wildman–Crippen MR) is 79.8 cm³/mol. The lowest BCUT2D eigenvalue weighted by Crippen LogP contribution is -2.10. The zero-order valence-corrected chi connectivity index (χ0v) is 12.4. The monoisotopic (exact) mass is 280 g/mol. The molecular formula is C16H21ClO2. The number of ether oxygens (including phenoxy) is 2. The van der Waals surface area contributed by atoms with Crippen LogP contribution in [0.5, 0.6) is 5.75 Å². The smallest absolute Gasteiger partial charge is 0.119 e. The van der Waals surface area contributed by atoms with Gasteiger partial charge < -0.3 is 9.47 Å². The minimum atomic E-state index is 0.561. The van der Waals surface area contributed by atoms with E-state index in [1.165, 1.54) is 0 Å². The Labute approximate surface area is 121 Å². The highest BCUT2D eigenvalue weighted by Gasteiger charge is 1.96. The summed E-state index contributed by atoms with van der Waals surface area (Å²) in [5.41, 5.74) is 0.980. The summed E-state index contributed by atoms with van der Waals surface area (Å²) >= 11 is 5.56. The fourth-order valence-electron chi connectivity index (χ4n) is 1.38. The van der Waals surface area contributed by atoms with Gasteiger partial charge in [0.1, 0.15) is 12.4 Å². The van der Waals surface area contributed by atoms with Crippen molar-refractivity contribution in [3.05, 3.63) is 29.8 Å². The zero-order chi connectivity index (χ0) is 13.9. The van der Waals surface area contributed by atoms with E-state index in [2.05, 4.69) is 25.7 Å². The zero-order valence-electron chi connectivity index (χ0n) is 11.6. The van der Waals surface area contributed by atoms with E-state index in [9.17, 15) is 0 Å². The molecule has 1 aromatic carbocycles. The van der Waals surface area contributed by atoms with Crippen LogP contribution in [0.15, 0.2) is 24.3 Å². The molecule has 0 aliphatic carbocycles. The van der Waals surface area contributed by atoms with E-state index in [0.717, 1.165) is 17.9 Å². The van der Waals surface area contributed by atoms with E-state index in [0.29, 0.717) is 31.4 Å². The van der Waals surface area contributed by atoms with E-state index < -0.39 is 0 Å². The topological polar surface area (TPSA) is 18.5 Å². The Balaban J connectivity index is 2.27. The van der Waals surface area contributed by atoms with Gasteiger partial charge >= 0.3 is 0 Å². The standard InChI is InChI=1S/C16H21ClO2/c1-14(2)13-18-11-12-19-16-8-6-15(7-9-16)5-3-4-10-17/h6-9,14H,4,10-13H2,1-2H3. The van der Waals surface area contributed by atoms with Crippen molar-refractivity contribution in [1.29, 1.82) is 0 Å². The van der Waals surface area contributed by atoms with Gasteiger partial charge in [-0.1, -0.05) is 25.7 Å². The van der Waals surface area contributed by atoms with Crippen LogP contribution >= 0.6 is 11.6 Å². The van der Waals surface area contributed by atoms with Gasteiger partial charge in [0, 0.05) is 24.5 Å². The molecule has 0 N–H and O–H groups in total. The molecule has 104 valence electrons. The molecule has 0 heterocycles. The first kappa shape index (κ1) is 15.9. The van der Waals surface area contributed by atoms with Crippen molar-refractivity contribution < 1.29 is 9.47 Å². The lowest BCUT2D eigenvalue weighted by molar-refractivity contribution is 0.0819. The Bertz CT molecular complexity index is 401. The molecule has 0 spiro atoms. The number of hydrogen-bond acceptors (Lipinski definition) is 2. The van der Waals surface area contributed by atoms with Gasteiger partial charge in [-0.25, -0.2) is 0 Å². The quantitative estimate of drug-likeness (QED) is 0.431. The average molecular weight is 281 g/mol. The maximum atomic E-state index is 5.57. The first-order chi connectivity index (χ1) is 9.22. The van der Waals surface area contributed by atoms with Gasteiger partial charge in [-0.2, -0.15) is 0 Å². The number of halogens is 1. The van der Waals surface area contributed by atoms with Crippen molar-refractivity contribution in [3.63, 3.8) is 0 Å². The highest BCUT2D eigenvalue weighted by molar-refractivity contribution is 6.18. The summed E-state index contributed by atoms with van der Waals surface area (Å²) in [7, 11) is 0. The summed E-state index contributed by atoms with van der Waals surface area (Å²) in [6, 6.07) is 7.75. The van der Waals surface area contributed by atoms with Crippen molar-refractivity contribution in [3.8, 4) is 17.6 Å². The molecular weight excluding hydrogens is 260 g/mol. The summed E-state index contributed by atoms with van der Waals surface area (Å²) in [4.78, 5) is 0. The molecule has 0 saturated heterocycles. The van der Waals surface area contributed by atoms with Gasteiger partial charge in [0.15, 0.2) is 0 Å². The van der Waals surface area contributed by atoms with E-state index in [1.54, 1.807) is 0 Å². The van der Waals surface area contributed by atoms with Gasteiger partial charge in [0.05, 0.1) is 6.61 Å². The predicted octanol–water partition coefficient (Wildman–Crippen LogP) is 3.72. The van der Waals surface area contributed by atoms with Crippen molar-refractivity contribution >= 4 is 11.6 Å². The van der Waals surface area contributed by atoms with Crippen LogP contribution in [0.4, 0.5) is 0 Å². The summed E-state index contributed by atoms with van der Waals surface area (Å²) in [5.74, 6) is 8.02. The molecule has 2 nitrogen and oxygen atoms in total. The van der Waals surface area contributed by atoms with Crippen molar-refractivity contribution in [1.82, 2.24) is 0 Å². The molecule has 1 rings (SSSR count). The molecule has 0 aliphatic rings.